The van der Waals surface area contributed by atoms with Crippen LogP contribution in [-0.4, -0.2) is 30.5 Å². The number of amides is 1. The maximum absolute atomic E-state index is 12.7. The molecule has 1 atom stereocenters. The number of carbonyl (C=O) groups excluding carboxylic acids is 1. The number of carbonyl (C=O) groups is 1. The van der Waals surface area contributed by atoms with Gasteiger partial charge in [-0.1, -0.05) is 38.1 Å². The second-order valence-electron chi connectivity index (χ2n) is 7.87. The highest BCUT2D eigenvalue weighted by Crippen LogP contribution is 2.28. The number of ether oxygens (including phenoxy) is 1. The zero-order chi connectivity index (χ0) is 21.0. The fourth-order valence-electron chi connectivity index (χ4n) is 3.43. The van der Waals surface area contributed by atoms with Gasteiger partial charge in [0.15, 0.2) is 6.54 Å². The highest BCUT2D eigenvalue weighted by atomic mass is 16.6. The maximum Gasteiger partial charge on any atom is 0.279 e. The normalized spacial score (nSPS) is 14.5. The van der Waals surface area contributed by atoms with Gasteiger partial charge < -0.3 is 15.0 Å². The molecule has 1 aliphatic rings. The number of nitrogens with zero attached hydrogens (tertiary/aromatic N) is 1. The summed E-state index contributed by atoms with van der Waals surface area (Å²) in [5, 5.41) is 13.8. The first-order chi connectivity index (χ1) is 13.9. The van der Waals surface area contributed by atoms with E-state index in [2.05, 4.69) is 43.4 Å². The molecule has 1 unspecified atom stereocenters. The minimum Gasteiger partial charge on any atom is -0.495 e. The van der Waals surface area contributed by atoms with E-state index in [-0.39, 0.29) is 11.6 Å². The Bertz CT molecular complexity index is 876. The van der Waals surface area contributed by atoms with E-state index in [0.717, 1.165) is 19.4 Å². The van der Waals surface area contributed by atoms with Crippen LogP contribution in [0.4, 0.5) is 11.4 Å². The van der Waals surface area contributed by atoms with Crippen LogP contribution in [0, 0.1) is 10.1 Å². The van der Waals surface area contributed by atoms with E-state index in [0.29, 0.717) is 29.9 Å². The van der Waals surface area contributed by atoms with Crippen molar-refractivity contribution in [1.82, 2.24) is 0 Å². The van der Waals surface area contributed by atoms with Gasteiger partial charge in [0, 0.05) is 30.5 Å². The van der Waals surface area contributed by atoms with Gasteiger partial charge in [-0.05, 0) is 17.5 Å². The first-order valence-electron chi connectivity index (χ1n) is 9.93. The second-order valence-corrected chi connectivity index (χ2v) is 7.87. The molecule has 0 spiro atoms. The summed E-state index contributed by atoms with van der Waals surface area (Å²) in [5.41, 5.74) is 2.75. The summed E-state index contributed by atoms with van der Waals surface area (Å²) in [6.45, 7) is 5.43. The van der Waals surface area contributed by atoms with Crippen molar-refractivity contribution < 1.29 is 19.4 Å². The number of methoxy groups -OCH3 is 1. The summed E-state index contributed by atoms with van der Waals surface area (Å²) in [7, 11) is 1.47. The Balaban J connectivity index is 1.67. The maximum atomic E-state index is 12.7. The van der Waals surface area contributed by atoms with E-state index < -0.39 is 4.92 Å². The molecular weight excluding hydrogens is 370 g/mol. The third-order valence-electron chi connectivity index (χ3n) is 5.29. The van der Waals surface area contributed by atoms with Crippen LogP contribution in [0.2, 0.25) is 0 Å². The number of anilines is 1. The molecule has 7 nitrogen and oxygen atoms in total. The fourth-order valence-corrected chi connectivity index (χ4v) is 3.43. The monoisotopic (exact) mass is 398 g/mol. The van der Waals surface area contributed by atoms with Crippen molar-refractivity contribution in [3.63, 3.8) is 0 Å². The number of non-ortho nitro benzene ring substituents is 1. The van der Waals surface area contributed by atoms with Crippen molar-refractivity contribution in [3.8, 4) is 5.75 Å². The number of nitro benzene ring substituents is 1. The summed E-state index contributed by atoms with van der Waals surface area (Å²) in [5.74, 6) is 0.720. The van der Waals surface area contributed by atoms with Gasteiger partial charge in [-0.25, -0.2) is 0 Å². The quantitative estimate of drug-likeness (QED) is 0.502. The Labute approximate surface area is 170 Å². The summed E-state index contributed by atoms with van der Waals surface area (Å²) in [6, 6.07) is 13.2. The number of rotatable bonds is 9. The van der Waals surface area contributed by atoms with Gasteiger partial charge in [-0.3, -0.25) is 14.9 Å². The molecule has 3 rings (SSSR count). The standard InChI is InChI=1S/C22H27N3O4/c1-15(2)17-6-4-16(5-7-17)13-24(18-8-9-18)14-22(26)23-20-12-19(25(27)28)10-11-21(20)29-3/h4-7,10-12,15,18H,8-9,13-14H2,1-3H3,(H,23,26)/p+1. The molecule has 0 aromatic heterocycles. The molecule has 1 fully saturated rings. The molecule has 0 heterocycles. The molecule has 0 saturated heterocycles. The predicted molar refractivity (Wildman–Crippen MR) is 111 cm³/mol. The van der Waals surface area contributed by atoms with Gasteiger partial charge in [0.2, 0.25) is 0 Å². The minimum atomic E-state index is -0.488. The van der Waals surface area contributed by atoms with Crippen LogP contribution >= 0.6 is 0 Å². The van der Waals surface area contributed by atoms with Crippen molar-refractivity contribution in [1.29, 1.82) is 0 Å². The number of hydrogen-bond acceptors (Lipinski definition) is 4. The minimum absolute atomic E-state index is 0.0854. The number of hydrogen-bond donors (Lipinski definition) is 2. The van der Waals surface area contributed by atoms with Crippen LogP contribution in [0.1, 0.15) is 43.7 Å². The van der Waals surface area contributed by atoms with Gasteiger partial charge in [0.25, 0.3) is 11.6 Å². The van der Waals surface area contributed by atoms with E-state index in [9.17, 15) is 14.9 Å². The zero-order valence-corrected chi connectivity index (χ0v) is 17.1. The van der Waals surface area contributed by atoms with Gasteiger partial charge in [-0.15, -0.1) is 0 Å². The molecule has 2 N–H and O–H groups in total. The topological polar surface area (TPSA) is 85.9 Å². The molecule has 29 heavy (non-hydrogen) atoms. The van der Waals surface area contributed by atoms with Crippen LogP contribution in [0.3, 0.4) is 0 Å². The zero-order valence-electron chi connectivity index (χ0n) is 17.1. The highest BCUT2D eigenvalue weighted by Gasteiger charge is 2.34. The van der Waals surface area contributed by atoms with E-state index in [4.69, 9.17) is 4.74 Å². The van der Waals surface area contributed by atoms with Crippen LogP contribution in [0.15, 0.2) is 42.5 Å². The highest BCUT2D eigenvalue weighted by molar-refractivity contribution is 5.93. The molecule has 7 heteroatoms. The first kappa shape index (κ1) is 20.8. The number of benzene rings is 2. The Kier molecular flexibility index (Phi) is 6.49. The van der Waals surface area contributed by atoms with Crippen LogP contribution in [-0.2, 0) is 11.3 Å². The lowest BCUT2D eigenvalue weighted by Crippen LogP contribution is -3.13. The van der Waals surface area contributed by atoms with E-state index >= 15 is 0 Å². The second kappa shape index (κ2) is 9.05. The van der Waals surface area contributed by atoms with Gasteiger partial charge in [-0.2, -0.15) is 0 Å². The summed E-state index contributed by atoms with van der Waals surface area (Å²) < 4.78 is 5.23. The molecule has 1 amide bonds. The van der Waals surface area contributed by atoms with Crippen molar-refractivity contribution in [2.75, 3.05) is 19.0 Å². The third-order valence-corrected chi connectivity index (χ3v) is 5.29. The van der Waals surface area contributed by atoms with Crippen molar-refractivity contribution >= 4 is 17.3 Å². The van der Waals surface area contributed by atoms with E-state index in [1.54, 1.807) is 0 Å². The Morgan fingerprint density at radius 3 is 2.48 bits per heavy atom. The van der Waals surface area contributed by atoms with Crippen LogP contribution in [0.5, 0.6) is 5.75 Å². The molecule has 1 aliphatic carbocycles. The van der Waals surface area contributed by atoms with Crippen LogP contribution in [0.25, 0.3) is 0 Å². The summed E-state index contributed by atoms with van der Waals surface area (Å²) >= 11 is 0. The van der Waals surface area contributed by atoms with Gasteiger partial charge in [0.1, 0.15) is 12.3 Å². The molecule has 0 bridgehead atoms. The van der Waals surface area contributed by atoms with E-state index in [1.165, 1.54) is 41.3 Å². The Morgan fingerprint density at radius 2 is 1.93 bits per heavy atom. The third kappa shape index (κ3) is 5.54. The molecule has 2 aromatic carbocycles. The lowest BCUT2D eigenvalue weighted by Gasteiger charge is -2.19. The SMILES string of the molecule is COc1ccc([N+](=O)[O-])cc1NC(=O)C[NH+](Cc1ccc(C(C)C)cc1)C1CC1. The number of quaternary nitrogens is 1. The van der Waals surface area contributed by atoms with Crippen molar-refractivity contribution in [2.24, 2.45) is 0 Å². The number of nitrogens with one attached hydrogen (secondary N) is 2. The molecule has 0 aliphatic heterocycles. The van der Waals surface area contributed by atoms with Crippen molar-refractivity contribution in [3.05, 3.63) is 63.7 Å². The van der Waals surface area contributed by atoms with Crippen molar-refractivity contribution in [2.45, 2.75) is 45.2 Å². The molecule has 0 radical (unpaired) electrons. The predicted octanol–water partition coefficient (Wildman–Crippen LogP) is 2.91. The molecule has 1 saturated carbocycles. The first-order valence-corrected chi connectivity index (χ1v) is 9.93. The molecule has 154 valence electrons. The Hall–Kier alpha value is -2.93. The average molecular weight is 398 g/mol. The Morgan fingerprint density at radius 1 is 1.24 bits per heavy atom. The largest absolute Gasteiger partial charge is 0.495 e. The smallest absolute Gasteiger partial charge is 0.279 e. The molecular formula is C22H28N3O4+. The van der Waals surface area contributed by atoms with E-state index in [1.807, 2.05) is 0 Å². The fraction of sp³-hybridized carbons (Fsp3) is 0.409. The van der Waals surface area contributed by atoms with Gasteiger partial charge in [0.05, 0.1) is 23.8 Å². The lowest BCUT2D eigenvalue weighted by atomic mass is 10.0. The lowest BCUT2D eigenvalue weighted by molar-refractivity contribution is -0.916. The average Bonchev–Trinajstić information content (AvgIpc) is 3.53. The van der Waals surface area contributed by atoms with Gasteiger partial charge >= 0.3 is 0 Å². The summed E-state index contributed by atoms with van der Waals surface area (Å²) in [4.78, 5) is 24.4. The summed E-state index contributed by atoms with van der Waals surface area (Å²) in [6.07, 6.45) is 2.24. The molecule has 2 aromatic rings. The number of nitro groups is 1. The van der Waals surface area contributed by atoms with Crippen LogP contribution < -0.4 is 15.0 Å².